The van der Waals surface area contributed by atoms with Gasteiger partial charge in [-0.1, -0.05) is 48.5 Å². The van der Waals surface area contributed by atoms with E-state index in [9.17, 15) is 14.9 Å². The summed E-state index contributed by atoms with van der Waals surface area (Å²) in [7, 11) is 0. The minimum Gasteiger partial charge on any atom is -0.339 e. The van der Waals surface area contributed by atoms with Crippen LogP contribution in [0.2, 0.25) is 0 Å². The van der Waals surface area contributed by atoms with Gasteiger partial charge >= 0.3 is 0 Å². The molecule has 7 rings (SSSR count). The number of aryl methyl sites for hydroxylation is 1. The lowest BCUT2D eigenvalue weighted by molar-refractivity contribution is -0.384. The summed E-state index contributed by atoms with van der Waals surface area (Å²) in [6, 6.07) is 27.1. The number of para-hydroxylation sites is 2. The third kappa shape index (κ3) is 5.12. The van der Waals surface area contributed by atoms with E-state index in [1.807, 2.05) is 4.90 Å². The highest BCUT2D eigenvalue weighted by Crippen LogP contribution is 2.45. The van der Waals surface area contributed by atoms with Crippen LogP contribution in [0.15, 0.2) is 78.9 Å². The number of piperidine rings is 2. The number of fused-ring (bicyclic) bond motifs is 3. The van der Waals surface area contributed by atoms with Crippen LogP contribution in [0.1, 0.15) is 72.7 Å². The SMILES string of the molecule is Cc1nc2ccccc2n1C1C[C@H]2CC[C@@H](C1)N2CCC1(c2ccccc2)CCN(C(=O)c2cccc([N+](=O)[O-])c2)CC1. The highest BCUT2D eigenvalue weighted by atomic mass is 16.6. The van der Waals surface area contributed by atoms with E-state index in [0.29, 0.717) is 36.8 Å². The van der Waals surface area contributed by atoms with Crippen LogP contribution in [-0.4, -0.2) is 61.9 Å². The number of hydrogen-bond donors (Lipinski definition) is 0. The molecule has 2 bridgehead atoms. The molecule has 222 valence electrons. The van der Waals surface area contributed by atoms with Crippen molar-refractivity contribution in [3.05, 3.63) is 106 Å². The zero-order chi connectivity index (χ0) is 29.6. The Morgan fingerprint density at radius 2 is 1.63 bits per heavy atom. The van der Waals surface area contributed by atoms with Crippen molar-refractivity contribution in [3.63, 3.8) is 0 Å². The zero-order valence-corrected chi connectivity index (χ0v) is 24.8. The lowest BCUT2D eigenvalue weighted by Gasteiger charge is -2.45. The zero-order valence-electron chi connectivity index (χ0n) is 24.8. The minimum atomic E-state index is -0.442. The third-order valence-corrected chi connectivity index (χ3v) is 10.5. The van der Waals surface area contributed by atoms with Crippen molar-refractivity contribution in [2.24, 2.45) is 0 Å². The summed E-state index contributed by atoms with van der Waals surface area (Å²) in [5.74, 6) is 1.00. The fourth-order valence-corrected chi connectivity index (χ4v) is 8.34. The first-order valence-electron chi connectivity index (χ1n) is 15.7. The van der Waals surface area contributed by atoms with Crippen molar-refractivity contribution in [3.8, 4) is 0 Å². The molecular weight excluding hydrogens is 538 g/mol. The second kappa shape index (κ2) is 11.2. The van der Waals surface area contributed by atoms with Gasteiger partial charge in [0.1, 0.15) is 5.82 Å². The van der Waals surface area contributed by atoms with Crippen molar-refractivity contribution >= 4 is 22.6 Å². The molecule has 0 radical (unpaired) electrons. The predicted octanol–water partition coefficient (Wildman–Crippen LogP) is 6.69. The molecule has 0 saturated carbocycles. The first kappa shape index (κ1) is 27.8. The Labute approximate surface area is 252 Å². The fraction of sp³-hybridized carbons (Fsp3) is 0.429. The molecule has 0 spiro atoms. The fourth-order valence-electron chi connectivity index (χ4n) is 8.34. The lowest BCUT2D eigenvalue weighted by Crippen LogP contribution is -2.49. The number of benzene rings is 3. The number of carbonyl (C=O) groups excluding carboxylic acids is 1. The summed E-state index contributed by atoms with van der Waals surface area (Å²) < 4.78 is 2.50. The average Bonchev–Trinajstić information content (AvgIpc) is 3.50. The molecule has 1 unspecified atom stereocenters. The molecule has 3 fully saturated rings. The van der Waals surface area contributed by atoms with Crippen LogP contribution in [0.4, 0.5) is 5.69 Å². The molecular formula is C35H39N5O3. The van der Waals surface area contributed by atoms with Crippen LogP contribution < -0.4 is 0 Å². The van der Waals surface area contributed by atoms with Crippen molar-refractivity contribution in [2.75, 3.05) is 19.6 Å². The normalized spacial score (nSPS) is 23.5. The number of nitrogens with zero attached hydrogens (tertiary/aromatic N) is 5. The summed E-state index contributed by atoms with van der Waals surface area (Å²) >= 11 is 0. The van der Waals surface area contributed by atoms with Crippen molar-refractivity contribution in [1.29, 1.82) is 0 Å². The van der Waals surface area contributed by atoms with E-state index in [1.165, 1.54) is 48.9 Å². The maximum atomic E-state index is 13.3. The van der Waals surface area contributed by atoms with Gasteiger partial charge in [0.2, 0.25) is 0 Å². The van der Waals surface area contributed by atoms with Gasteiger partial charge in [-0.05, 0) is 87.6 Å². The summed E-state index contributed by atoms with van der Waals surface area (Å²) in [6.07, 6.45) is 7.71. The highest BCUT2D eigenvalue weighted by Gasteiger charge is 2.44. The lowest BCUT2D eigenvalue weighted by atomic mass is 9.70. The van der Waals surface area contributed by atoms with Gasteiger partial charge in [-0.25, -0.2) is 4.98 Å². The Hall–Kier alpha value is -4.04. The van der Waals surface area contributed by atoms with Gasteiger partial charge in [0.15, 0.2) is 0 Å². The largest absolute Gasteiger partial charge is 0.339 e. The number of imidazole rings is 1. The summed E-state index contributed by atoms with van der Waals surface area (Å²) in [5.41, 5.74) is 4.06. The van der Waals surface area contributed by atoms with Gasteiger partial charge in [0, 0.05) is 48.9 Å². The molecule has 8 nitrogen and oxygen atoms in total. The van der Waals surface area contributed by atoms with Gasteiger partial charge in [-0.15, -0.1) is 0 Å². The van der Waals surface area contributed by atoms with Crippen molar-refractivity contribution < 1.29 is 9.72 Å². The van der Waals surface area contributed by atoms with Gasteiger partial charge < -0.3 is 9.47 Å². The number of nitro benzene ring substituents is 1. The number of rotatable bonds is 7. The molecule has 0 aliphatic carbocycles. The van der Waals surface area contributed by atoms with Crippen molar-refractivity contribution in [1.82, 2.24) is 19.4 Å². The average molecular weight is 578 g/mol. The Balaban J connectivity index is 1.06. The first-order chi connectivity index (χ1) is 20.9. The van der Waals surface area contributed by atoms with E-state index >= 15 is 0 Å². The molecule has 1 amide bonds. The third-order valence-electron chi connectivity index (χ3n) is 10.5. The van der Waals surface area contributed by atoms with Gasteiger partial charge in [-0.2, -0.15) is 0 Å². The van der Waals surface area contributed by atoms with E-state index in [4.69, 9.17) is 4.98 Å². The van der Waals surface area contributed by atoms with Crippen LogP contribution in [-0.2, 0) is 5.41 Å². The molecule has 1 aromatic heterocycles. The molecule has 0 N–H and O–H groups in total. The molecule has 4 aromatic rings. The molecule has 43 heavy (non-hydrogen) atoms. The number of non-ortho nitro benzene ring substituents is 1. The van der Waals surface area contributed by atoms with E-state index in [0.717, 1.165) is 37.1 Å². The Kier molecular flexibility index (Phi) is 7.25. The molecule has 3 aliphatic rings. The quantitative estimate of drug-likeness (QED) is 0.181. The van der Waals surface area contributed by atoms with Crippen LogP contribution in [0.25, 0.3) is 11.0 Å². The summed E-state index contributed by atoms with van der Waals surface area (Å²) in [5, 5.41) is 11.3. The summed E-state index contributed by atoms with van der Waals surface area (Å²) in [4.78, 5) is 33.7. The Bertz CT molecular complexity index is 1630. The standard InChI is InChI=1S/C35H39N5O3/c1-25-36-32-12-5-6-13-33(32)39(25)31-23-28-14-15-29(24-31)38(28)21-18-35(27-9-3-2-4-10-27)16-19-37(20-17-35)34(41)26-8-7-11-30(22-26)40(42)43/h2-13,22,28-29,31H,14-21,23-24H2,1H3/t28-,29+,31?. The van der Waals surface area contributed by atoms with E-state index in [2.05, 4.69) is 71.0 Å². The monoisotopic (exact) mass is 577 g/mol. The number of likely N-dealkylation sites (tertiary alicyclic amines) is 1. The molecule has 8 heteroatoms. The van der Waals surface area contributed by atoms with Crippen LogP contribution >= 0.6 is 0 Å². The van der Waals surface area contributed by atoms with Crippen LogP contribution in [0.3, 0.4) is 0 Å². The van der Waals surface area contributed by atoms with E-state index in [1.54, 1.807) is 12.1 Å². The number of aromatic nitrogens is 2. The van der Waals surface area contributed by atoms with E-state index in [-0.39, 0.29) is 17.0 Å². The van der Waals surface area contributed by atoms with Crippen LogP contribution in [0, 0.1) is 17.0 Å². The number of nitro groups is 1. The van der Waals surface area contributed by atoms with Crippen LogP contribution in [0.5, 0.6) is 0 Å². The Morgan fingerprint density at radius 1 is 0.930 bits per heavy atom. The second-order valence-corrected chi connectivity index (χ2v) is 12.8. The Morgan fingerprint density at radius 3 is 2.35 bits per heavy atom. The van der Waals surface area contributed by atoms with Gasteiger partial charge in [0.05, 0.1) is 16.0 Å². The molecule has 3 aliphatic heterocycles. The number of carbonyl (C=O) groups is 1. The van der Waals surface area contributed by atoms with Gasteiger partial charge in [0.25, 0.3) is 11.6 Å². The topological polar surface area (TPSA) is 84.5 Å². The minimum absolute atomic E-state index is 0.00809. The molecule has 4 heterocycles. The molecule has 3 atom stereocenters. The first-order valence-corrected chi connectivity index (χ1v) is 15.7. The summed E-state index contributed by atoms with van der Waals surface area (Å²) in [6.45, 7) is 4.52. The predicted molar refractivity (Wildman–Crippen MR) is 167 cm³/mol. The highest BCUT2D eigenvalue weighted by molar-refractivity contribution is 5.95. The number of amides is 1. The maximum Gasteiger partial charge on any atom is 0.270 e. The maximum absolute atomic E-state index is 13.3. The molecule has 3 aromatic carbocycles. The van der Waals surface area contributed by atoms with Gasteiger partial charge in [-0.3, -0.25) is 19.8 Å². The second-order valence-electron chi connectivity index (χ2n) is 12.8. The van der Waals surface area contributed by atoms with E-state index < -0.39 is 4.92 Å². The molecule has 3 saturated heterocycles. The van der Waals surface area contributed by atoms with Crippen molar-refractivity contribution in [2.45, 2.75) is 75.4 Å². The number of hydrogen-bond acceptors (Lipinski definition) is 5. The smallest absolute Gasteiger partial charge is 0.270 e.